The maximum Gasteiger partial charge on any atom is 0.150 e. The average molecular weight is 197 g/mol. The number of hydrogen-bond donors (Lipinski definition) is 0. The van der Waals surface area contributed by atoms with Gasteiger partial charge >= 0.3 is 0 Å². The molecular formula is C13H11NO. The number of rotatable bonds is 3. The zero-order valence-corrected chi connectivity index (χ0v) is 8.47. The monoisotopic (exact) mass is 197 g/mol. The van der Waals surface area contributed by atoms with Crippen molar-refractivity contribution in [1.82, 2.24) is 0 Å². The van der Waals surface area contributed by atoms with E-state index in [0.717, 1.165) is 17.4 Å². The molecular weight excluding hydrogens is 186 g/mol. The summed E-state index contributed by atoms with van der Waals surface area (Å²) >= 11 is 0. The van der Waals surface area contributed by atoms with Gasteiger partial charge < -0.3 is 0 Å². The molecule has 0 unspecified atom stereocenters. The van der Waals surface area contributed by atoms with Gasteiger partial charge in [0.2, 0.25) is 0 Å². The summed E-state index contributed by atoms with van der Waals surface area (Å²) in [5, 5.41) is 8.44. The second kappa shape index (κ2) is 5.56. The summed E-state index contributed by atoms with van der Waals surface area (Å²) in [6, 6.07) is 7.30. The minimum atomic E-state index is 0.636. The van der Waals surface area contributed by atoms with Crippen LogP contribution >= 0.6 is 0 Å². The molecule has 0 aromatic heterocycles. The van der Waals surface area contributed by atoms with Crippen LogP contribution in [0.5, 0.6) is 0 Å². The number of carbonyl (C=O) groups excluding carboxylic acids is 1. The number of benzene rings is 1. The van der Waals surface area contributed by atoms with Gasteiger partial charge in [0.1, 0.15) is 6.29 Å². The molecule has 0 aliphatic rings. The zero-order chi connectivity index (χ0) is 11.1. The van der Waals surface area contributed by atoms with Gasteiger partial charge in [-0.3, -0.25) is 4.79 Å². The van der Waals surface area contributed by atoms with E-state index in [0.29, 0.717) is 5.56 Å². The lowest BCUT2D eigenvalue weighted by molar-refractivity contribution is 0.112. The third-order valence-electron chi connectivity index (χ3n) is 1.93. The minimum absolute atomic E-state index is 0.636. The molecule has 0 aliphatic carbocycles. The molecule has 1 aromatic carbocycles. The van der Waals surface area contributed by atoms with Crippen molar-refractivity contribution >= 4 is 18.4 Å². The molecule has 1 aromatic rings. The summed E-state index contributed by atoms with van der Waals surface area (Å²) in [5.41, 5.74) is 2.51. The molecule has 74 valence electrons. The van der Waals surface area contributed by atoms with Crippen LogP contribution in [0.4, 0.5) is 0 Å². The first-order valence-corrected chi connectivity index (χ1v) is 4.60. The van der Waals surface area contributed by atoms with Crippen LogP contribution in [-0.4, -0.2) is 6.29 Å². The molecule has 0 fully saturated rings. The van der Waals surface area contributed by atoms with Crippen LogP contribution in [0.3, 0.4) is 0 Å². The van der Waals surface area contributed by atoms with Crippen molar-refractivity contribution in [2.75, 3.05) is 0 Å². The van der Waals surface area contributed by atoms with Crippen LogP contribution in [0.2, 0.25) is 0 Å². The average Bonchev–Trinajstić information content (AvgIpc) is 2.27. The Kier molecular flexibility index (Phi) is 4.05. The fourth-order valence-electron chi connectivity index (χ4n) is 1.27. The first kappa shape index (κ1) is 10.9. The molecule has 0 saturated carbocycles. The first-order chi connectivity index (χ1) is 7.31. The highest BCUT2D eigenvalue weighted by molar-refractivity contribution is 5.79. The smallest absolute Gasteiger partial charge is 0.150 e. The lowest BCUT2D eigenvalue weighted by Gasteiger charge is -2.01. The van der Waals surface area contributed by atoms with E-state index < -0.39 is 0 Å². The van der Waals surface area contributed by atoms with Gasteiger partial charge in [-0.15, -0.1) is 0 Å². The summed E-state index contributed by atoms with van der Waals surface area (Å²) in [4.78, 5) is 10.6. The topological polar surface area (TPSA) is 40.9 Å². The van der Waals surface area contributed by atoms with E-state index >= 15 is 0 Å². The Hall–Kier alpha value is -2.14. The molecule has 0 heterocycles. The van der Waals surface area contributed by atoms with Crippen LogP contribution in [0.25, 0.3) is 12.2 Å². The Labute approximate surface area is 89.2 Å². The highest BCUT2D eigenvalue weighted by atomic mass is 16.1. The maximum absolute atomic E-state index is 10.6. The molecule has 2 heteroatoms. The van der Waals surface area contributed by atoms with Crippen molar-refractivity contribution in [3.63, 3.8) is 0 Å². The molecule has 15 heavy (non-hydrogen) atoms. The molecule has 1 rings (SSSR count). The predicted octanol–water partition coefficient (Wildman–Crippen LogP) is 3.07. The quantitative estimate of drug-likeness (QED) is 0.552. The number of nitriles is 1. The molecule has 0 atom stereocenters. The second-order valence-corrected chi connectivity index (χ2v) is 2.97. The van der Waals surface area contributed by atoms with E-state index in [1.807, 2.05) is 31.2 Å². The normalized spacial score (nSPS) is 10.7. The van der Waals surface area contributed by atoms with Crippen molar-refractivity contribution < 1.29 is 4.79 Å². The first-order valence-electron chi connectivity index (χ1n) is 4.60. The standard InChI is InChI=1S/C13H11NO/c1-2-4-13-9-11(10-15)6-7-12(13)5-3-8-14/h2-7,9-10H,1H3/b4-2-,5-3+. The molecule has 0 spiro atoms. The van der Waals surface area contributed by atoms with Gasteiger partial charge in [0.25, 0.3) is 0 Å². The van der Waals surface area contributed by atoms with Gasteiger partial charge in [-0.05, 0) is 30.2 Å². The number of aldehydes is 1. The zero-order valence-electron chi connectivity index (χ0n) is 8.47. The van der Waals surface area contributed by atoms with Crippen molar-refractivity contribution in [3.8, 4) is 6.07 Å². The number of carbonyl (C=O) groups is 1. The van der Waals surface area contributed by atoms with Gasteiger partial charge in [0.05, 0.1) is 6.07 Å². The van der Waals surface area contributed by atoms with Gasteiger partial charge in [0, 0.05) is 11.6 Å². The van der Waals surface area contributed by atoms with E-state index in [1.54, 1.807) is 18.2 Å². The van der Waals surface area contributed by atoms with Gasteiger partial charge in [-0.1, -0.05) is 24.3 Å². The van der Waals surface area contributed by atoms with Crippen molar-refractivity contribution in [2.24, 2.45) is 0 Å². The molecule has 0 aliphatic heterocycles. The Bertz CT molecular complexity index is 450. The Morgan fingerprint density at radius 2 is 2.07 bits per heavy atom. The summed E-state index contributed by atoms with van der Waals surface area (Å²) in [6.07, 6.45) is 7.76. The van der Waals surface area contributed by atoms with Crippen molar-refractivity contribution in [3.05, 3.63) is 47.0 Å². The maximum atomic E-state index is 10.6. The lowest BCUT2D eigenvalue weighted by atomic mass is 10.0. The van der Waals surface area contributed by atoms with Gasteiger partial charge in [-0.2, -0.15) is 5.26 Å². The third-order valence-corrected chi connectivity index (χ3v) is 1.93. The van der Waals surface area contributed by atoms with Crippen LogP contribution < -0.4 is 0 Å². The molecule has 0 N–H and O–H groups in total. The number of allylic oxidation sites excluding steroid dienone is 2. The SMILES string of the molecule is C/C=C\c1cc(C=O)ccc1/C=C/C#N. The Morgan fingerprint density at radius 3 is 2.67 bits per heavy atom. The van der Waals surface area contributed by atoms with E-state index in [2.05, 4.69) is 0 Å². The predicted molar refractivity (Wildman–Crippen MR) is 61.2 cm³/mol. The fourth-order valence-corrected chi connectivity index (χ4v) is 1.27. The molecule has 2 nitrogen and oxygen atoms in total. The van der Waals surface area contributed by atoms with E-state index in [1.165, 1.54) is 6.08 Å². The summed E-state index contributed by atoms with van der Waals surface area (Å²) in [6.45, 7) is 1.91. The molecule has 0 amide bonds. The van der Waals surface area contributed by atoms with Gasteiger partial charge in [-0.25, -0.2) is 0 Å². The van der Waals surface area contributed by atoms with E-state index in [4.69, 9.17) is 5.26 Å². The summed E-state index contributed by atoms with van der Waals surface area (Å²) < 4.78 is 0. The Morgan fingerprint density at radius 1 is 1.27 bits per heavy atom. The van der Waals surface area contributed by atoms with Crippen LogP contribution in [0.15, 0.2) is 30.4 Å². The minimum Gasteiger partial charge on any atom is -0.298 e. The van der Waals surface area contributed by atoms with Crippen LogP contribution in [0, 0.1) is 11.3 Å². The third kappa shape index (κ3) is 2.92. The van der Waals surface area contributed by atoms with Gasteiger partial charge in [0.15, 0.2) is 0 Å². The second-order valence-electron chi connectivity index (χ2n) is 2.97. The highest BCUT2D eigenvalue weighted by Gasteiger charge is 1.97. The van der Waals surface area contributed by atoms with Crippen LogP contribution in [-0.2, 0) is 0 Å². The van der Waals surface area contributed by atoms with E-state index in [9.17, 15) is 4.79 Å². The highest BCUT2D eigenvalue weighted by Crippen LogP contribution is 2.14. The molecule has 0 saturated heterocycles. The largest absolute Gasteiger partial charge is 0.298 e. The van der Waals surface area contributed by atoms with Crippen molar-refractivity contribution in [2.45, 2.75) is 6.92 Å². The van der Waals surface area contributed by atoms with Crippen molar-refractivity contribution in [1.29, 1.82) is 5.26 Å². The summed E-state index contributed by atoms with van der Waals surface area (Å²) in [5.74, 6) is 0. The number of hydrogen-bond acceptors (Lipinski definition) is 2. The molecule has 0 bridgehead atoms. The van der Waals surface area contributed by atoms with Crippen LogP contribution in [0.1, 0.15) is 28.4 Å². The Balaban J connectivity index is 3.21. The summed E-state index contributed by atoms with van der Waals surface area (Å²) in [7, 11) is 0. The van der Waals surface area contributed by atoms with E-state index in [-0.39, 0.29) is 0 Å². The molecule has 0 radical (unpaired) electrons. The fraction of sp³-hybridized carbons (Fsp3) is 0.0769. The number of nitrogens with zero attached hydrogens (tertiary/aromatic N) is 1. The lowest BCUT2D eigenvalue weighted by Crippen LogP contribution is -1.85.